The summed E-state index contributed by atoms with van der Waals surface area (Å²) in [5.41, 5.74) is 5.83. The van der Waals surface area contributed by atoms with Crippen LogP contribution in [0, 0.1) is 0 Å². The van der Waals surface area contributed by atoms with Crippen LogP contribution in [0.2, 0.25) is 0 Å². The van der Waals surface area contributed by atoms with Gasteiger partial charge in [0.15, 0.2) is 0 Å². The van der Waals surface area contributed by atoms with E-state index in [4.69, 9.17) is 5.73 Å². The third-order valence-corrected chi connectivity index (χ3v) is 3.35. The Morgan fingerprint density at radius 3 is 2.88 bits per heavy atom. The van der Waals surface area contributed by atoms with Gasteiger partial charge in [-0.25, -0.2) is 4.98 Å². The van der Waals surface area contributed by atoms with E-state index in [2.05, 4.69) is 26.4 Å². The number of likely N-dealkylation sites (N-methyl/N-ethyl adjacent to an activating group) is 1. The predicted octanol–water partition coefficient (Wildman–Crippen LogP) is -0.505. The van der Waals surface area contributed by atoms with E-state index in [1.807, 2.05) is 19.4 Å². The molecule has 2 rings (SSSR count). The fourth-order valence-corrected chi connectivity index (χ4v) is 2.21. The Hall–Kier alpha value is -0.910. The molecule has 1 atom stereocenters. The van der Waals surface area contributed by atoms with Crippen LogP contribution >= 0.6 is 0 Å². The molecule has 5 nitrogen and oxygen atoms in total. The highest BCUT2D eigenvalue weighted by Gasteiger charge is 2.24. The number of imidazole rings is 1. The van der Waals surface area contributed by atoms with Gasteiger partial charge in [-0.3, -0.25) is 4.90 Å². The van der Waals surface area contributed by atoms with Crippen molar-refractivity contribution >= 4 is 0 Å². The molecule has 2 heterocycles. The zero-order valence-electron chi connectivity index (χ0n) is 10.1. The van der Waals surface area contributed by atoms with Crippen LogP contribution in [0.1, 0.15) is 5.82 Å². The zero-order valence-corrected chi connectivity index (χ0v) is 10.1. The van der Waals surface area contributed by atoms with Crippen molar-refractivity contribution in [2.75, 3.05) is 33.2 Å². The number of aromatic nitrogens is 2. The van der Waals surface area contributed by atoms with Gasteiger partial charge in [0.1, 0.15) is 5.82 Å². The number of rotatable bonds is 3. The highest BCUT2D eigenvalue weighted by Crippen LogP contribution is 2.11. The summed E-state index contributed by atoms with van der Waals surface area (Å²) < 4.78 is 2.08. The Kier molecular flexibility index (Phi) is 3.58. The first-order valence-corrected chi connectivity index (χ1v) is 5.79. The molecule has 1 aromatic rings. The van der Waals surface area contributed by atoms with Crippen LogP contribution in [0.3, 0.4) is 0 Å². The van der Waals surface area contributed by atoms with Crippen LogP contribution in [-0.4, -0.2) is 58.6 Å². The van der Waals surface area contributed by atoms with Gasteiger partial charge in [0.2, 0.25) is 0 Å². The van der Waals surface area contributed by atoms with E-state index in [1.54, 1.807) is 0 Å². The van der Waals surface area contributed by atoms with Crippen LogP contribution in [-0.2, 0) is 13.6 Å². The van der Waals surface area contributed by atoms with Crippen molar-refractivity contribution < 1.29 is 0 Å². The van der Waals surface area contributed by atoms with Gasteiger partial charge in [-0.2, -0.15) is 0 Å². The summed E-state index contributed by atoms with van der Waals surface area (Å²) in [7, 11) is 4.19. The first kappa shape index (κ1) is 11.6. The van der Waals surface area contributed by atoms with E-state index >= 15 is 0 Å². The molecular weight excluding hydrogens is 202 g/mol. The molecule has 16 heavy (non-hydrogen) atoms. The monoisotopic (exact) mass is 223 g/mol. The van der Waals surface area contributed by atoms with E-state index < -0.39 is 0 Å². The van der Waals surface area contributed by atoms with Gasteiger partial charge >= 0.3 is 0 Å². The predicted molar refractivity (Wildman–Crippen MR) is 64.0 cm³/mol. The summed E-state index contributed by atoms with van der Waals surface area (Å²) in [5.74, 6) is 1.11. The standard InChI is InChI=1S/C11H21N5/c1-14-5-6-16(10(7-12)8-14)9-11-13-3-4-15(11)2/h3-4,10H,5-9,12H2,1-2H3. The maximum atomic E-state index is 5.83. The zero-order chi connectivity index (χ0) is 11.5. The fourth-order valence-electron chi connectivity index (χ4n) is 2.21. The van der Waals surface area contributed by atoms with Gasteiger partial charge in [-0.15, -0.1) is 0 Å². The number of hydrogen-bond donors (Lipinski definition) is 1. The highest BCUT2D eigenvalue weighted by atomic mass is 15.3. The van der Waals surface area contributed by atoms with Crippen molar-refractivity contribution in [2.45, 2.75) is 12.6 Å². The number of hydrogen-bond acceptors (Lipinski definition) is 4. The SMILES string of the molecule is CN1CCN(Cc2nccn2C)C(CN)C1. The quantitative estimate of drug-likeness (QED) is 0.750. The van der Waals surface area contributed by atoms with Crippen LogP contribution in [0.5, 0.6) is 0 Å². The van der Waals surface area contributed by atoms with Crippen LogP contribution < -0.4 is 5.73 Å². The van der Waals surface area contributed by atoms with Crippen LogP contribution in [0.25, 0.3) is 0 Å². The topological polar surface area (TPSA) is 50.3 Å². The Bertz CT molecular complexity index is 335. The molecule has 0 aromatic carbocycles. The first-order chi connectivity index (χ1) is 7.70. The van der Waals surface area contributed by atoms with Gasteiger partial charge < -0.3 is 15.2 Å². The third-order valence-electron chi connectivity index (χ3n) is 3.35. The molecule has 0 saturated carbocycles. The molecule has 1 aliphatic rings. The first-order valence-electron chi connectivity index (χ1n) is 5.79. The Labute approximate surface area is 96.8 Å². The lowest BCUT2D eigenvalue weighted by Gasteiger charge is -2.39. The van der Waals surface area contributed by atoms with Gasteiger partial charge in [0.25, 0.3) is 0 Å². The molecule has 0 aliphatic carbocycles. The van der Waals surface area contributed by atoms with Crippen LogP contribution in [0.4, 0.5) is 0 Å². The number of piperazine rings is 1. The highest BCUT2D eigenvalue weighted by molar-refractivity contribution is 4.93. The maximum absolute atomic E-state index is 5.83. The van der Waals surface area contributed by atoms with E-state index in [0.717, 1.165) is 38.5 Å². The molecule has 0 amide bonds. The Morgan fingerprint density at radius 1 is 1.44 bits per heavy atom. The van der Waals surface area contributed by atoms with E-state index in [0.29, 0.717) is 6.04 Å². The minimum absolute atomic E-state index is 0.454. The smallest absolute Gasteiger partial charge is 0.122 e. The van der Waals surface area contributed by atoms with E-state index in [1.165, 1.54) is 0 Å². The van der Waals surface area contributed by atoms with Gasteiger partial charge in [-0.1, -0.05) is 0 Å². The second-order valence-corrected chi connectivity index (χ2v) is 4.58. The molecule has 0 spiro atoms. The molecule has 1 aromatic heterocycles. The molecule has 1 aliphatic heterocycles. The summed E-state index contributed by atoms with van der Waals surface area (Å²) in [6, 6.07) is 0.454. The fraction of sp³-hybridized carbons (Fsp3) is 0.727. The van der Waals surface area contributed by atoms with Crippen molar-refractivity contribution in [3.8, 4) is 0 Å². The lowest BCUT2D eigenvalue weighted by molar-refractivity contribution is 0.0851. The van der Waals surface area contributed by atoms with E-state index in [-0.39, 0.29) is 0 Å². The van der Waals surface area contributed by atoms with Crippen molar-refractivity contribution in [1.82, 2.24) is 19.4 Å². The van der Waals surface area contributed by atoms with Gasteiger partial charge in [0.05, 0.1) is 6.54 Å². The van der Waals surface area contributed by atoms with Crippen molar-refractivity contribution in [3.63, 3.8) is 0 Å². The average molecular weight is 223 g/mol. The summed E-state index contributed by atoms with van der Waals surface area (Å²) in [6.45, 7) is 4.86. The average Bonchev–Trinajstić information content (AvgIpc) is 2.67. The normalized spacial score (nSPS) is 23.8. The lowest BCUT2D eigenvalue weighted by atomic mass is 10.1. The van der Waals surface area contributed by atoms with Gasteiger partial charge in [-0.05, 0) is 7.05 Å². The Morgan fingerprint density at radius 2 is 2.25 bits per heavy atom. The minimum Gasteiger partial charge on any atom is -0.337 e. The molecule has 1 saturated heterocycles. The number of nitrogens with two attached hydrogens (primary N) is 1. The summed E-state index contributed by atoms with van der Waals surface area (Å²) in [6.07, 6.45) is 3.84. The summed E-state index contributed by atoms with van der Waals surface area (Å²) in [4.78, 5) is 9.14. The van der Waals surface area contributed by atoms with Gasteiger partial charge in [0, 0.05) is 51.7 Å². The maximum Gasteiger partial charge on any atom is 0.122 e. The molecule has 0 radical (unpaired) electrons. The summed E-state index contributed by atoms with van der Waals surface area (Å²) in [5, 5.41) is 0. The van der Waals surface area contributed by atoms with E-state index in [9.17, 15) is 0 Å². The molecule has 2 N–H and O–H groups in total. The molecule has 90 valence electrons. The number of nitrogens with zero attached hydrogens (tertiary/aromatic N) is 4. The second kappa shape index (κ2) is 4.95. The third kappa shape index (κ3) is 2.42. The lowest BCUT2D eigenvalue weighted by Crippen LogP contribution is -2.54. The number of aryl methyl sites for hydroxylation is 1. The van der Waals surface area contributed by atoms with Crippen molar-refractivity contribution in [3.05, 3.63) is 18.2 Å². The molecule has 1 fully saturated rings. The summed E-state index contributed by atoms with van der Waals surface area (Å²) >= 11 is 0. The van der Waals surface area contributed by atoms with Crippen molar-refractivity contribution in [2.24, 2.45) is 12.8 Å². The molecular formula is C11H21N5. The van der Waals surface area contributed by atoms with Crippen LogP contribution in [0.15, 0.2) is 12.4 Å². The minimum atomic E-state index is 0.454. The molecule has 5 heteroatoms. The Balaban J connectivity index is 2.01. The molecule has 0 bridgehead atoms. The van der Waals surface area contributed by atoms with Crippen molar-refractivity contribution in [1.29, 1.82) is 0 Å². The molecule has 1 unspecified atom stereocenters. The second-order valence-electron chi connectivity index (χ2n) is 4.58. The largest absolute Gasteiger partial charge is 0.337 e.